The summed E-state index contributed by atoms with van der Waals surface area (Å²) in [6.45, 7) is 3.17. The molecule has 0 radical (unpaired) electrons. The van der Waals surface area contributed by atoms with Crippen LogP contribution in [0.2, 0.25) is 0 Å². The molecule has 2 aliphatic rings. The number of thiazole rings is 1. The number of aromatic nitrogens is 2. The number of anilines is 3. The van der Waals surface area contributed by atoms with E-state index in [1.165, 1.54) is 23.5 Å². The van der Waals surface area contributed by atoms with Gasteiger partial charge in [-0.2, -0.15) is 4.39 Å². The average molecular weight is 437 g/mol. The third-order valence-electron chi connectivity index (χ3n) is 5.38. The van der Waals surface area contributed by atoms with E-state index in [9.17, 15) is 19.4 Å². The van der Waals surface area contributed by atoms with E-state index in [-0.39, 0.29) is 12.3 Å². The van der Waals surface area contributed by atoms with Gasteiger partial charge < -0.3 is 30.1 Å². The molecule has 4 heterocycles. The van der Waals surface area contributed by atoms with Gasteiger partial charge in [0.05, 0.1) is 31.1 Å². The Labute approximate surface area is 177 Å². The summed E-state index contributed by atoms with van der Waals surface area (Å²) in [7, 11) is 0. The summed E-state index contributed by atoms with van der Waals surface area (Å²) in [5.74, 6) is -0.759. The number of halogens is 1. The number of pyridine rings is 1. The lowest BCUT2D eigenvalue weighted by atomic mass is 9.92. The quantitative estimate of drug-likeness (QED) is 0.596. The lowest BCUT2D eigenvalue weighted by Gasteiger charge is -2.38. The van der Waals surface area contributed by atoms with Gasteiger partial charge >= 0.3 is 0 Å². The fourth-order valence-electron chi connectivity index (χ4n) is 3.51. The van der Waals surface area contributed by atoms with Gasteiger partial charge in [-0.1, -0.05) is 0 Å². The number of hydrogen-bond acceptors (Lipinski definition) is 9. The van der Waals surface area contributed by atoms with Crippen molar-refractivity contribution in [2.75, 3.05) is 61.1 Å². The first-order chi connectivity index (χ1) is 14.5. The van der Waals surface area contributed by atoms with Crippen molar-refractivity contribution in [1.82, 2.24) is 9.97 Å². The Morgan fingerprint density at radius 1 is 1.20 bits per heavy atom. The van der Waals surface area contributed by atoms with Crippen molar-refractivity contribution in [3.05, 3.63) is 29.2 Å². The van der Waals surface area contributed by atoms with Gasteiger partial charge in [-0.15, -0.1) is 11.3 Å². The highest BCUT2D eigenvalue weighted by atomic mass is 32.1. The summed E-state index contributed by atoms with van der Waals surface area (Å²) in [6.07, 6.45) is 0.647. The maximum Gasteiger partial charge on any atom is 0.275 e. The third-order valence-corrected chi connectivity index (χ3v) is 6.29. The van der Waals surface area contributed by atoms with Crippen molar-refractivity contribution >= 4 is 33.9 Å². The molecule has 2 saturated heterocycles. The molecule has 0 saturated carbocycles. The van der Waals surface area contributed by atoms with E-state index in [1.54, 1.807) is 10.3 Å². The summed E-state index contributed by atoms with van der Waals surface area (Å²) >= 11 is 1.39. The molecule has 30 heavy (non-hydrogen) atoms. The Kier molecular flexibility index (Phi) is 6.14. The van der Waals surface area contributed by atoms with Gasteiger partial charge in [-0.25, -0.2) is 9.97 Å². The lowest BCUT2D eigenvalue weighted by Crippen LogP contribution is -2.47. The van der Waals surface area contributed by atoms with Gasteiger partial charge in [0, 0.05) is 31.6 Å². The molecule has 1 amide bonds. The van der Waals surface area contributed by atoms with Crippen molar-refractivity contribution in [2.45, 2.75) is 18.4 Å². The van der Waals surface area contributed by atoms with Crippen molar-refractivity contribution in [3.63, 3.8) is 0 Å². The van der Waals surface area contributed by atoms with Crippen LogP contribution in [-0.4, -0.2) is 77.7 Å². The summed E-state index contributed by atoms with van der Waals surface area (Å²) < 4.78 is 19.2. The van der Waals surface area contributed by atoms with E-state index < -0.39 is 17.5 Å². The minimum Gasteiger partial charge on any atom is -0.393 e. The standard InChI is InChI=1S/C19H24FN5O4S/c20-15-2-1-13(16(23-15)24-5-3-19(28,12-26)4-6-24)21-17(27)14-11-30-18(22-14)25-7-9-29-10-8-25/h1-2,11,26,28H,3-10,12H2,(H,21,27). The predicted molar refractivity (Wildman–Crippen MR) is 111 cm³/mol. The minimum absolute atomic E-state index is 0.282. The highest BCUT2D eigenvalue weighted by molar-refractivity contribution is 7.14. The molecule has 0 unspecified atom stereocenters. The van der Waals surface area contributed by atoms with E-state index in [1.807, 2.05) is 0 Å². The molecule has 2 aromatic rings. The smallest absolute Gasteiger partial charge is 0.275 e. The molecule has 162 valence electrons. The maximum absolute atomic E-state index is 13.8. The Hall–Kier alpha value is -2.34. The van der Waals surface area contributed by atoms with Crippen LogP contribution < -0.4 is 15.1 Å². The van der Waals surface area contributed by atoms with E-state index in [0.29, 0.717) is 50.7 Å². The molecule has 0 aliphatic carbocycles. The van der Waals surface area contributed by atoms with Crippen molar-refractivity contribution in [2.24, 2.45) is 0 Å². The number of piperidine rings is 1. The zero-order valence-corrected chi connectivity index (χ0v) is 17.2. The summed E-state index contributed by atoms with van der Waals surface area (Å²) in [5.41, 5.74) is -0.481. The topological polar surface area (TPSA) is 111 Å². The molecule has 0 bridgehead atoms. The van der Waals surface area contributed by atoms with Gasteiger partial charge in [0.2, 0.25) is 5.95 Å². The van der Waals surface area contributed by atoms with Crippen LogP contribution in [0.15, 0.2) is 17.5 Å². The van der Waals surface area contributed by atoms with E-state index in [2.05, 4.69) is 20.2 Å². The Morgan fingerprint density at radius 3 is 2.63 bits per heavy atom. The van der Waals surface area contributed by atoms with Crippen LogP contribution >= 0.6 is 11.3 Å². The number of carbonyl (C=O) groups is 1. The number of nitrogens with zero attached hydrogens (tertiary/aromatic N) is 4. The monoisotopic (exact) mass is 437 g/mol. The summed E-state index contributed by atoms with van der Waals surface area (Å²) in [4.78, 5) is 25.0. The van der Waals surface area contributed by atoms with Crippen LogP contribution in [0, 0.1) is 5.95 Å². The van der Waals surface area contributed by atoms with E-state index in [0.717, 1.165) is 18.2 Å². The van der Waals surface area contributed by atoms with Gasteiger partial charge in [-0.05, 0) is 25.0 Å². The molecule has 3 N–H and O–H groups in total. The molecular formula is C19H24FN5O4S. The number of morpholine rings is 1. The zero-order valence-electron chi connectivity index (χ0n) is 16.4. The largest absolute Gasteiger partial charge is 0.393 e. The molecular weight excluding hydrogens is 413 g/mol. The first kappa shape index (κ1) is 20.9. The van der Waals surface area contributed by atoms with Gasteiger partial charge in [0.15, 0.2) is 10.9 Å². The van der Waals surface area contributed by atoms with Crippen LogP contribution in [0.5, 0.6) is 0 Å². The van der Waals surface area contributed by atoms with Gasteiger partial charge in [-0.3, -0.25) is 4.79 Å². The highest BCUT2D eigenvalue weighted by Crippen LogP contribution is 2.30. The van der Waals surface area contributed by atoms with Crippen molar-refractivity contribution < 1.29 is 24.1 Å². The summed E-state index contributed by atoms with van der Waals surface area (Å²) in [5, 5.41) is 24.8. The number of aliphatic hydroxyl groups excluding tert-OH is 1. The number of nitrogens with one attached hydrogen (secondary N) is 1. The van der Waals surface area contributed by atoms with Crippen molar-refractivity contribution in [1.29, 1.82) is 0 Å². The highest BCUT2D eigenvalue weighted by Gasteiger charge is 2.33. The molecule has 2 aliphatic heterocycles. The van der Waals surface area contributed by atoms with Crippen LogP contribution in [0.1, 0.15) is 23.3 Å². The summed E-state index contributed by atoms with van der Waals surface area (Å²) in [6, 6.07) is 2.66. The second-order valence-corrected chi connectivity index (χ2v) is 8.28. The molecule has 2 fully saturated rings. The van der Waals surface area contributed by atoms with E-state index >= 15 is 0 Å². The minimum atomic E-state index is -1.14. The molecule has 9 nitrogen and oxygen atoms in total. The van der Waals surface area contributed by atoms with Crippen LogP contribution in [-0.2, 0) is 4.74 Å². The molecule has 4 rings (SSSR count). The fourth-order valence-corrected chi connectivity index (χ4v) is 4.37. The van der Waals surface area contributed by atoms with Gasteiger partial charge in [0.25, 0.3) is 5.91 Å². The number of hydrogen-bond donors (Lipinski definition) is 3. The lowest BCUT2D eigenvalue weighted by molar-refractivity contribution is -0.0326. The SMILES string of the molecule is O=C(Nc1ccc(F)nc1N1CCC(O)(CO)CC1)c1csc(N2CCOCC2)n1. The normalized spacial score (nSPS) is 19.0. The Morgan fingerprint density at radius 2 is 1.93 bits per heavy atom. The number of aliphatic hydroxyl groups is 2. The van der Waals surface area contributed by atoms with E-state index in [4.69, 9.17) is 4.74 Å². The van der Waals surface area contributed by atoms with Crippen LogP contribution in [0.25, 0.3) is 0 Å². The number of carbonyl (C=O) groups excluding carboxylic acids is 1. The van der Waals surface area contributed by atoms with Gasteiger partial charge in [0.1, 0.15) is 5.69 Å². The molecule has 11 heteroatoms. The first-order valence-corrected chi connectivity index (χ1v) is 10.7. The third kappa shape index (κ3) is 4.53. The Bertz CT molecular complexity index is 897. The second-order valence-electron chi connectivity index (χ2n) is 7.44. The predicted octanol–water partition coefficient (Wildman–Crippen LogP) is 1.09. The number of rotatable bonds is 5. The number of ether oxygens (including phenoxy) is 1. The fraction of sp³-hybridized carbons (Fsp3) is 0.526. The molecule has 0 atom stereocenters. The second kappa shape index (κ2) is 8.80. The van der Waals surface area contributed by atoms with Crippen molar-refractivity contribution in [3.8, 4) is 0 Å². The molecule has 2 aromatic heterocycles. The maximum atomic E-state index is 13.8. The molecule has 0 aromatic carbocycles. The Balaban J connectivity index is 1.48. The first-order valence-electron chi connectivity index (χ1n) is 9.82. The van der Waals surface area contributed by atoms with Crippen LogP contribution in [0.4, 0.5) is 21.0 Å². The zero-order chi connectivity index (χ0) is 21.1. The van der Waals surface area contributed by atoms with Crippen LogP contribution in [0.3, 0.4) is 0 Å². The average Bonchev–Trinajstić information content (AvgIpc) is 3.27. The number of amides is 1. The molecule has 0 spiro atoms.